The first kappa shape index (κ1) is 38.9. The van der Waals surface area contributed by atoms with Crippen LogP contribution in [0.3, 0.4) is 0 Å². The molecule has 0 spiro atoms. The Hall–Kier alpha value is -4.78. The maximum atomic E-state index is 6.63. The molecule has 4 aromatic rings. The van der Waals surface area contributed by atoms with E-state index in [1.807, 2.05) is 24.3 Å². The molecule has 0 aliphatic carbocycles. The summed E-state index contributed by atoms with van der Waals surface area (Å²) in [5.41, 5.74) is 9.55. The number of rotatable bonds is 22. The van der Waals surface area contributed by atoms with Crippen molar-refractivity contribution in [2.45, 2.75) is 117 Å². The second kappa shape index (κ2) is 20.6. The molecule has 0 unspecified atom stereocenters. The number of H-pyrrole nitrogens is 2. The molecule has 5 heterocycles. The summed E-state index contributed by atoms with van der Waals surface area (Å²) in [5.74, 6) is 2.23. The van der Waals surface area contributed by atoms with Crippen molar-refractivity contribution in [1.82, 2.24) is 19.9 Å². The van der Waals surface area contributed by atoms with E-state index in [0.29, 0.717) is 19.8 Å². The molecule has 0 amide bonds. The lowest BCUT2D eigenvalue weighted by atomic mass is 10.0. The minimum Gasteiger partial charge on any atom is -0.490 e. The molecule has 0 saturated heterocycles. The standard InChI is InChI=1S/C47H60N4O3/c1-4-7-10-13-16-25-52-45-28-35(29-46(53-26-17-14-11-8-5-2)47(45)54-27-18-15-12-9-6-3)43-33-42-32-40-22-21-38(49-40)30-36-19-20-37(48-36)31-39-23-24-41(50-39)34-44(43)51-42/h19-24,28-34,49,51H,4-18,25-27H2,1-3H3. The Kier molecular flexibility index (Phi) is 14.9. The molecule has 2 aliphatic heterocycles. The Labute approximate surface area is 322 Å². The first-order chi connectivity index (χ1) is 26.6. The zero-order valence-corrected chi connectivity index (χ0v) is 32.9. The molecule has 7 heteroatoms. The van der Waals surface area contributed by atoms with E-state index >= 15 is 0 Å². The number of ether oxygens (including phenoxy) is 3. The minimum atomic E-state index is 0.643. The Morgan fingerprint density at radius 3 is 1.48 bits per heavy atom. The van der Waals surface area contributed by atoms with Gasteiger partial charge in [-0.3, -0.25) is 0 Å². The van der Waals surface area contributed by atoms with Gasteiger partial charge in [-0.05, 0) is 104 Å². The summed E-state index contributed by atoms with van der Waals surface area (Å²) in [6.45, 7) is 8.69. The maximum absolute atomic E-state index is 6.63. The minimum absolute atomic E-state index is 0.643. The van der Waals surface area contributed by atoms with Crippen molar-refractivity contribution >= 4 is 46.4 Å². The molecule has 286 valence electrons. The van der Waals surface area contributed by atoms with E-state index in [1.54, 1.807) is 0 Å². The normalized spacial score (nSPS) is 12.1. The fraction of sp³-hybridized carbons (Fsp3) is 0.447. The van der Waals surface area contributed by atoms with Gasteiger partial charge in [0.2, 0.25) is 5.75 Å². The van der Waals surface area contributed by atoms with Gasteiger partial charge in [0.25, 0.3) is 0 Å². The highest BCUT2D eigenvalue weighted by atomic mass is 16.5. The number of hydrogen-bond donors (Lipinski definition) is 2. The van der Waals surface area contributed by atoms with Gasteiger partial charge in [-0.15, -0.1) is 0 Å². The van der Waals surface area contributed by atoms with E-state index in [-0.39, 0.29) is 0 Å². The van der Waals surface area contributed by atoms with Crippen LogP contribution in [-0.4, -0.2) is 39.8 Å². The van der Waals surface area contributed by atoms with Crippen LogP contribution < -0.4 is 14.2 Å². The van der Waals surface area contributed by atoms with Gasteiger partial charge in [0.1, 0.15) is 0 Å². The number of unbranched alkanes of at least 4 members (excludes halogenated alkanes) is 12. The molecule has 2 N–H and O–H groups in total. The van der Waals surface area contributed by atoms with Crippen molar-refractivity contribution in [2.24, 2.45) is 0 Å². The van der Waals surface area contributed by atoms with Gasteiger partial charge in [0.05, 0.1) is 42.6 Å². The maximum Gasteiger partial charge on any atom is 0.203 e. The molecule has 0 radical (unpaired) electrons. The zero-order chi connectivity index (χ0) is 37.4. The van der Waals surface area contributed by atoms with Crippen molar-refractivity contribution < 1.29 is 14.2 Å². The predicted molar refractivity (Wildman–Crippen MR) is 227 cm³/mol. The van der Waals surface area contributed by atoms with Crippen LogP contribution in [0.2, 0.25) is 0 Å². The molecule has 54 heavy (non-hydrogen) atoms. The molecule has 0 fully saturated rings. The Morgan fingerprint density at radius 1 is 0.444 bits per heavy atom. The highest BCUT2D eigenvalue weighted by molar-refractivity contribution is 5.89. The zero-order valence-electron chi connectivity index (χ0n) is 32.9. The van der Waals surface area contributed by atoms with Crippen LogP contribution in [0.25, 0.3) is 57.5 Å². The smallest absolute Gasteiger partial charge is 0.203 e. The lowest BCUT2D eigenvalue weighted by Crippen LogP contribution is -2.06. The third kappa shape index (κ3) is 11.4. The van der Waals surface area contributed by atoms with E-state index < -0.39 is 0 Å². The van der Waals surface area contributed by atoms with Crippen molar-refractivity contribution in [2.75, 3.05) is 19.8 Å². The summed E-state index contributed by atoms with van der Waals surface area (Å²) in [4.78, 5) is 17.0. The molecule has 0 saturated carbocycles. The second-order valence-corrected chi connectivity index (χ2v) is 14.7. The van der Waals surface area contributed by atoms with Crippen LogP contribution in [0.4, 0.5) is 0 Å². The first-order valence-corrected chi connectivity index (χ1v) is 20.8. The fourth-order valence-corrected chi connectivity index (χ4v) is 7.00. The van der Waals surface area contributed by atoms with Gasteiger partial charge in [0, 0.05) is 27.6 Å². The summed E-state index contributed by atoms with van der Waals surface area (Å²) in [7, 11) is 0. The molecule has 7 nitrogen and oxygen atoms in total. The van der Waals surface area contributed by atoms with E-state index in [0.717, 1.165) is 112 Å². The summed E-state index contributed by atoms with van der Waals surface area (Å²) in [6, 6.07) is 19.0. The van der Waals surface area contributed by atoms with Gasteiger partial charge in [-0.2, -0.15) is 0 Å². The van der Waals surface area contributed by atoms with Gasteiger partial charge in [0.15, 0.2) is 11.5 Å². The molecular weight excluding hydrogens is 669 g/mol. The van der Waals surface area contributed by atoms with Crippen molar-refractivity contribution in [3.05, 3.63) is 77.4 Å². The quantitative estimate of drug-likeness (QED) is 0.0680. The topological polar surface area (TPSA) is 85.1 Å². The van der Waals surface area contributed by atoms with Gasteiger partial charge >= 0.3 is 0 Å². The van der Waals surface area contributed by atoms with Crippen molar-refractivity contribution in [1.29, 1.82) is 0 Å². The number of benzene rings is 1. The first-order valence-electron chi connectivity index (χ1n) is 20.8. The number of nitrogens with zero attached hydrogens (tertiary/aromatic N) is 2. The third-order valence-electron chi connectivity index (χ3n) is 10.0. The monoisotopic (exact) mass is 728 g/mol. The molecule has 8 bridgehead atoms. The molecule has 6 rings (SSSR count). The van der Waals surface area contributed by atoms with Crippen LogP contribution >= 0.6 is 0 Å². The lowest BCUT2D eigenvalue weighted by Gasteiger charge is -2.19. The van der Waals surface area contributed by atoms with Crippen LogP contribution in [0.1, 0.15) is 140 Å². The molecule has 3 aromatic heterocycles. The highest BCUT2D eigenvalue weighted by Crippen LogP contribution is 2.43. The highest BCUT2D eigenvalue weighted by Gasteiger charge is 2.19. The fourth-order valence-electron chi connectivity index (χ4n) is 7.00. The molecule has 2 aliphatic rings. The summed E-state index contributed by atoms with van der Waals surface area (Å²) >= 11 is 0. The average molecular weight is 729 g/mol. The van der Waals surface area contributed by atoms with Gasteiger partial charge in [-0.25, -0.2) is 9.97 Å². The lowest BCUT2D eigenvalue weighted by molar-refractivity contribution is 0.234. The Balaban J connectivity index is 1.42. The van der Waals surface area contributed by atoms with E-state index in [4.69, 9.17) is 24.2 Å². The van der Waals surface area contributed by atoms with Crippen LogP contribution in [0.15, 0.2) is 54.6 Å². The SMILES string of the molecule is CCCCCCCOc1cc(-c2cc3cc4ccc(cc5nc(cc6nc(cc2[nH]3)C=C6)C=C5)[nH]4)cc(OCCCCCCC)c1OCCCCCCC. The van der Waals surface area contributed by atoms with Crippen LogP contribution in [0, 0.1) is 0 Å². The van der Waals surface area contributed by atoms with Crippen LogP contribution in [0.5, 0.6) is 17.2 Å². The van der Waals surface area contributed by atoms with E-state index in [1.165, 1.54) is 57.8 Å². The Bertz CT molecular complexity index is 1980. The third-order valence-corrected chi connectivity index (χ3v) is 10.0. The summed E-state index contributed by atoms with van der Waals surface area (Å²) in [6.07, 6.45) is 25.8. The average Bonchev–Trinajstić information content (AvgIpc) is 3.99. The van der Waals surface area contributed by atoms with Crippen LogP contribution in [-0.2, 0) is 0 Å². The number of nitrogens with one attached hydrogen (secondary N) is 2. The Morgan fingerprint density at radius 2 is 0.926 bits per heavy atom. The van der Waals surface area contributed by atoms with Gasteiger partial charge < -0.3 is 24.2 Å². The van der Waals surface area contributed by atoms with E-state index in [9.17, 15) is 0 Å². The number of aromatic nitrogens is 4. The number of hydrogen-bond acceptors (Lipinski definition) is 5. The second-order valence-electron chi connectivity index (χ2n) is 14.7. The molecule has 0 atom stereocenters. The molecule has 1 aromatic carbocycles. The largest absolute Gasteiger partial charge is 0.490 e. The summed E-state index contributed by atoms with van der Waals surface area (Å²) < 4.78 is 19.9. The van der Waals surface area contributed by atoms with Gasteiger partial charge in [-0.1, -0.05) is 97.8 Å². The molecular formula is C47H60N4O3. The van der Waals surface area contributed by atoms with Crippen molar-refractivity contribution in [3.63, 3.8) is 0 Å². The van der Waals surface area contributed by atoms with Crippen molar-refractivity contribution in [3.8, 4) is 28.4 Å². The summed E-state index contributed by atoms with van der Waals surface area (Å²) in [5, 5.41) is 0. The number of aromatic amines is 2. The number of fused-ring (bicyclic) bond motifs is 8. The predicted octanol–water partition coefficient (Wildman–Crippen LogP) is 13.4. The van der Waals surface area contributed by atoms with E-state index in [2.05, 4.69) is 85.3 Å².